The van der Waals surface area contributed by atoms with Gasteiger partial charge in [0.15, 0.2) is 28.8 Å². The molecule has 0 saturated carbocycles. The number of aliphatic hydroxyl groups is 1. The number of Topliss-reactive ketones (excluding diaryl/α,β-unsaturated/α-hetero) is 2. The van der Waals surface area contributed by atoms with E-state index in [-0.39, 0.29) is 134 Å². The zero-order chi connectivity index (χ0) is 64.1. The number of hydrogen-bond donors (Lipinski definition) is 4. The Labute approximate surface area is 523 Å². The van der Waals surface area contributed by atoms with Gasteiger partial charge >= 0.3 is 12.0 Å². The van der Waals surface area contributed by atoms with Gasteiger partial charge in [-0.25, -0.2) is 4.79 Å². The van der Waals surface area contributed by atoms with Crippen molar-refractivity contribution in [3.8, 4) is 23.0 Å². The van der Waals surface area contributed by atoms with E-state index in [0.717, 1.165) is 11.1 Å². The van der Waals surface area contributed by atoms with E-state index in [1.807, 2.05) is 13.8 Å². The molecule has 5 aliphatic rings. The Hall–Kier alpha value is -8.05. The Morgan fingerprint density at radius 3 is 2.09 bits per heavy atom. The average Bonchev–Trinajstić information content (AvgIpc) is 1.77. The summed E-state index contributed by atoms with van der Waals surface area (Å²) in [6.07, 6.45) is 7.63. The first-order valence-corrected chi connectivity index (χ1v) is 31.8. The number of primary amides is 1. The molecule has 2 unspecified atom stereocenters. The van der Waals surface area contributed by atoms with Gasteiger partial charge < -0.3 is 55.0 Å². The van der Waals surface area contributed by atoms with Crippen LogP contribution >= 0.6 is 11.8 Å². The van der Waals surface area contributed by atoms with Crippen LogP contribution < -0.4 is 35.3 Å². The fourth-order valence-electron chi connectivity index (χ4n) is 12.1. The lowest BCUT2D eigenvalue weighted by Crippen LogP contribution is -2.46. The number of nitrogens with two attached hydrogens (primary N) is 1. The van der Waals surface area contributed by atoms with E-state index in [9.17, 15) is 48.3 Å². The number of ketones is 2. The highest BCUT2D eigenvalue weighted by Gasteiger charge is 2.48. The van der Waals surface area contributed by atoms with E-state index in [2.05, 4.69) is 28.8 Å². The highest BCUT2D eigenvalue weighted by atomic mass is 32.2. The van der Waals surface area contributed by atoms with Gasteiger partial charge in [-0.2, -0.15) is 11.8 Å². The maximum Gasteiger partial charge on any atom is 0.316 e. The van der Waals surface area contributed by atoms with Gasteiger partial charge in [0, 0.05) is 75.6 Å². The number of hydrogen-bond acceptors (Lipinski definition) is 17. The van der Waals surface area contributed by atoms with E-state index in [4.69, 9.17) is 29.4 Å². The van der Waals surface area contributed by atoms with Gasteiger partial charge in [0.25, 0.3) is 11.8 Å². The van der Waals surface area contributed by atoms with Crippen LogP contribution in [0.15, 0.2) is 77.8 Å². The number of likely N-dealkylation sites (tertiary alicyclic amines) is 1. The van der Waals surface area contributed by atoms with Crippen molar-refractivity contribution in [2.24, 2.45) is 22.6 Å². The van der Waals surface area contributed by atoms with Crippen LogP contribution in [0.2, 0.25) is 0 Å². The number of methoxy groups -OCH3 is 2. The molecule has 0 aliphatic carbocycles. The lowest BCUT2D eigenvalue weighted by molar-refractivity contribution is -0.150. The predicted octanol–water partition coefficient (Wildman–Crippen LogP) is 7.12. The maximum atomic E-state index is 14.4. The molecule has 0 radical (unpaired) electrons. The number of urea groups is 1. The standard InChI is InChI=1S/C66H83N7O15S/c1-38(2)45(28-44(74)15-10-8-11-22-71-58(76)33-57(89-7)64(71)81)61(78)70-49(16-14-21-68-66(67)83)52(75)27-41-17-19-42(20-18-41)37-88-65(82)59-46-29-55(53(84-5)30-47(46)62(79)73-36-40(4)26-51(73)60(59)77)86-23-12-9-13-24-87-56-32-50-48(31-54(56)85-6)63(80)72-35-39(3)25-43(72)34-69-50/h17-20,29-32,34,38,43,45,49,51,57,59-60,77H,3-4,8-16,21-28,33,35-37H2,1-2,5-7H3,(H,70,78)(H3,67,68,83)/t43-,45-,49-,51-,57?,59?,60-/m0/s1. The molecule has 8 rings (SSSR count). The zero-order valence-electron chi connectivity index (χ0n) is 51.5. The average molecular weight is 1250 g/mol. The SMILES string of the molecule is C=C1C[C@H]2C=Nc3cc(OCCCCCOc4cc5c(cc4OC)C(=O)N4CC(=C)C[C@H]4[C@H](O)C5C(=O)OCc4ccc(CC(=O)[C@H](CCCNC(N)=O)NC(=O)[C@@H](CC(=O)CCCCCN5C(=O)CC(SC)C5=O)C(C)C)cc4)c(OC)cc3C(=O)N2C1. The molecular weight excluding hydrogens is 1160 g/mol. The number of aliphatic imine (C=N–C) groups is 1. The highest BCUT2D eigenvalue weighted by molar-refractivity contribution is 8.00. The van der Waals surface area contributed by atoms with Crippen LogP contribution in [0.25, 0.3) is 0 Å². The second kappa shape index (κ2) is 30.9. The Balaban J connectivity index is 0.859. The van der Waals surface area contributed by atoms with E-state index in [1.54, 1.807) is 59.8 Å². The van der Waals surface area contributed by atoms with Gasteiger partial charge in [-0.3, -0.25) is 48.2 Å². The van der Waals surface area contributed by atoms with E-state index in [0.29, 0.717) is 105 Å². The van der Waals surface area contributed by atoms with Gasteiger partial charge in [0.1, 0.15) is 18.3 Å². The summed E-state index contributed by atoms with van der Waals surface area (Å²) >= 11 is 1.36. The molecular formula is C66H83N7O15S. The molecule has 3 fully saturated rings. The predicted molar refractivity (Wildman–Crippen MR) is 334 cm³/mol. The summed E-state index contributed by atoms with van der Waals surface area (Å²) in [6.45, 7) is 13.3. The van der Waals surface area contributed by atoms with Crippen LogP contribution in [0.3, 0.4) is 0 Å². The number of unbranched alkanes of at least 4 members (excludes halogenated alkanes) is 4. The van der Waals surface area contributed by atoms with Crippen LogP contribution in [0.5, 0.6) is 23.0 Å². The van der Waals surface area contributed by atoms with Crippen molar-refractivity contribution in [3.63, 3.8) is 0 Å². The molecule has 5 heterocycles. The van der Waals surface area contributed by atoms with Crippen molar-refractivity contribution >= 4 is 76.8 Å². The molecule has 7 atom stereocenters. The summed E-state index contributed by atoms with van der Waals surface area (Å²) in [6, 6.07) is 10.7. The molecule has 5 aliphatic heterocycles. The lowest BCUT2D eigenvalue weighted by atomic mass is 9.86. The molecule has 89 heavy (non-hydrogen) atoms. The maximum absolute atomic E-state index is 14.4. The lowest BCUT2D eigenvalue weighted by Gasteiger charge is -2.28. The third-order valence-electron chi connectivity index (χ3n) is 17.1. The first-order valence-electron chi connectivity index (χ1n) is 30.6. The number of imide groups is 1. The molecule has 0 bridgehead atoms. The largest absolute Gasteiger partial charge is 0.493 e. The Morgan fingerprint density at radius 2 is 1.43 bits per heavy atom. The molecule has 23 heteroatoms. The minimum Gasteiger partial charge on any atom is -0.493 e. The van der Waals surface area contributed by atoms with Crippen molar-refractivity contribution in [1.29, 1.82) is 0 Å². The van der Waals surface area contributed by atoms with Gasteiger partial charge in [-0.1, -0.05) is 68.8 Å². The Morgan fingerprint density at radius 1 is 0.787 bits per heavy atom. The van der Waals surface area contributed by atoms with Gasteiger partial charge in [0.05, 0.1) is 68.2 Å². The number of thioether (sulfide) groups is 1. The molecule has 0 aromatic heterocycles. The third kappa shape index (κ3) is 16.6. The number of rotatable bonds is 32. The van der Waals surface area contributed by atoms with Crippen LogP contribution in [-0.4, -0.2) is 168 Å². The summed E-state index contributed by atoms with van der Waals surface area (Å²) in [5.74, 6) is -3.39. The number of amides is 7. The van der Waals surface area contributed by atoms with Crippen molar-refractivity contribution < 1.29 is 71.9 Å². The van der Waals surface area contributed by atoms with Crippen molar-refractivity contribution in [3.05, 3.63) is 101 Å². The summed E-state index contributed by atoms with van der Waals surface area (Å²) in [5.41, 5.74) is 9.47. The number of carbonyl (C=O) groups excluding carboxylic acids is 9. The van der Waals surface area contributed by atoms with Crippen molar-refractivity contribution in [2.45, 2.75) is 146 Å². The fourth-order valence-corrected chi connectivity index (χ4v) is 12.7. The summed E-state index contributed by atoms with van der Waals surface area (Å²) in [7, 11) is 2.97. The Bertz CT molecular complexity index is 3220. The first kappa shape index (κ1) is 66.9. The zero-order valence-corrected chi connectivity index (χ0v) is 52.3. The summed E-state index contributed by atoms with van der Waals surface area (Å²) < 4.78 is 29.7. The first-order chi connectivity index (χ1) is 42.7. The molecule has 22 nitrogen and oxygen atoms in total. The highest BCUT2D eigenvalue weighted by Crippen LogP contribution is 2.44. The van der Waals surface area contributed by atoms with Gasteiger partial charge in [-0.15, -0.1) is 0 Å². The summed E-state index contributed by atoms with van der Waals surface area (Å²) in [4.78, 5) is 129. The molecule has 3 aromatic rings. The van der Waals surface area contributed by atoms with Gasteiger partial charge in [0.2, 0.25) is 17.7 Å². The molecule has 3 aromatic carbocycles. The van der Waals surface area contributed by atoms with Crippen LogP contribution in [0.4, 0.5) is 10.5 Å². The third-order valence-corrected chi connectivity index (χ3v) is 18.0. The number of nitrogens with zero attached hydrogens (tertiary/aromatic N) is 4. The molecule has 0 spiro atoms. The number of esters is 1. The summed E-state index contributed by atoms with van der Waals surface area (Å²) in [5, 5.41) is 17.1. The van der Waals surface area contributed by atoms with Crippen molar-refractivity contribution in [1.82, 2.24) is 25.3 Å². The minimum absolute atomic E-state index is 0.0310. The number of carbonyl (C=O) groups is 9. The van der Waals surface area contributed by atoms with Crippen LogP contribution in [0.1, 0.15) is 141 Å². The minimum atomic E-state index is -1.38. The number of aliphatic hydroxyl groups excluding tert-OH is 1. The fraction of sp³-hybridized carbons (Fsp3) is 0.515. The molecule has 3 saturated heterocycles. The van der Waals surface area contributed by atoms with Crippen molar-refractivity contribution in [2.75, 3.05) is 59.9 Å². The molecule has 5 N–H and O–H groups in total. The number of benzene rings is 3. The second-order valence-corrected chi connectivity index (χ2v) is 24.8. The van der Waals surface area contributed by atoms with Gasteiger partial charge in [-0.05, 0) is 105 Å². The second-order valence-electron chi connectivity index (χ2n) is 23.8. The quantitative estimate of drug-likeness (QED) is 0.0209. The number of ether oxygens (including phenoxy) is 5. The van der Waals surface area contributed by atoms with E-state index < -0.39 is 53.8 Å². The van der Waals surface area contributed by atoms with Crippen LogP contribution in [0, 0.1) is 11.8 Å². The van der Waals surface area contributed by atoms with Crippen LogP contribution in [-0.2, 0) is 46.5 Å². The van der Waals surface area contributed by atoms with E-state index in [1.165, 1.54) is 41.8 Å². The Kier molecular flexibility index (Phi) is 23.2. The van der Waals surface area contributed by atoms with E-state index >= 15 is 0 Å². The normalized spacial score (nSPS) is 20.1. The number of nitrogens with one attached hydrogen (secondary N) is 2. The molecule has 7 amide bonds. The number of fused-ring (bicyclic) bond motifs is 4. The molecule has 478 valence electrons. The monoisotopic (exact) mass is 1250 g/mol. The smallest absolute Gasteiger partial charge is 0.316 e. The topological polar surface area (TPSA) is 292 Å².